The Morgan fingerprint density at radius 2 is 1.88 bits per heavy atom. The topological polar surface area (TPSA) is 123 Å². The van der Waals surface area contributed by atoms with Gasteiger partial charge < -0.3 is 5.32 Å². The quantitative estimate of drug-likeness (QED) is 0.313. The lowest BCUT2D eigenvalue weighted by Crippen LogP contribution is -2.26. The number of nitrogens with zero attached hydrogens (tertiary/aromatic N) is 3. The van der Waals surface area contributed by atoms with Gasteiger partial charge in [-0.2, -0.15) is 4.98 Å². The van der Waals surface area contributed by atoms with Crippen molar-refractivity contribution >= 4 is 32.7 Å². The molecule has 4 aromatic rings. The van der Waals surface area contributed by atoms with Crippen LogP contribution in [0.5, 0.6) is 0 Å². The van der Waals surface area contributed by atoms with E-state index in [9.17, 15) is 18.0 Å². The van der Waals surface area contributed by atoms with E-state index in [4.69, 9.17) is 0 Å². The van der Waals surface area contributed by atoms with Gasteiger partial charge in [0.2, 0.25) is 5.91 Å². The Hall–Kier alpha value is -4.15. The molecule has 0 radical (unpaired) electrons. The van der Waals surface area contributed by atoms with Crippen LogP contribution in [-0.2, 0) is 21.2 Å². The molecule has 9 nitrogen and oxygen atoms in total. The summed E-state index contributed by atoms with van der Waals surface area (Å²) in [5, 5.41) is 2.69. The zero-order chi connectivity index (χ0) is 24.3. The Labute approximate surface area is 195 Å². The summed E-state index contributed by atoms with van der Waals surface area (Å²) >= 11 is 0. The average molecular weight is 476 g/mol. The van der Waals surface area contributed by atoms with Gasteiger partial charge in [0, 0.05) is 29.3 Å². The largest absolute Gasteiger partial charge is 0.322 e. The first-order valence-corrected chi connectivity index (χ1v) is 11.7. The van der Waals surface area contributed by atoms with E-state index in [1.54, 1.807) is 30.3 Å². The molecule has 4 rings (SSSR count). The van der Waals surface area contributed by atoms with Crippen molar-refractivity contribution in [3.8, 4) is 5.69 Å². The molecular formula is C24H21N5O4S. The number of fused-ring (bicyclic) bond motifs is 1. The smallest absolute Gasteiger partial charge is 0.276 e. The lowest BCUT2D eigenvalue weighted by molar-refractivity contribution is -0.111. The highest BCUT2D eigenvalue weighted by molar-refractivity contribution is 7.89. The molecule has 0 atom stereocenters. The van der Waals surface area contributed by atoms with Crippen LogP contribution < -0.4 is 15.6 Å². The molecule has 0 spiro atoms. The van der Waals surface area contributed by atoms with Crippen LogP contribution in [0.25, 0.3) is 16.7 Å². The van der Waals surface area contributed by atoms with Gasteiger partial charge in [-0.15, -0.1) is 0 Å². The van der Waals surface area contributed by atoms with Crippen LogP contribution >= 0.6 is 0 Å². The molecular weight excluding hydrogens is 454 g/mol. The molecule has 172 valence electrons. The fourth-order valence-corrected chi connectivity index (χ4v) is 4.04. The fraction of sp³-hybridized carbons (Fsp3) is 0.0833. The summed E-state index contributed by atoms with van der Waals surface area (Å²) in [6, 6.07) is 17.8. The number of hydrogen-bond donors (Lipinski definition) is 2. The van der Waals surface area contributed by atoms with Gasteiger partial charge in [-0.25, -0.2) is 18.1 Å². The minimum Gasteiger partial charge on any atom is -0.322 e. The van der Waals surface area contributed by atoms with Crippen molar-refractivity contribution < 1.29 is 13.2 Å². The molecule has 0 fully saturated rings. The third-order valence-corrected chi connectivity index (χ3v) is 6.31. The lowest BCUT2D eigenvalue weighted by Gasteiger charge is -2.14. The van der Waals surface area contributed by atoms with E-state index < -0.39 is 21.1 Å². The van der Waals surface area contributed by atoms with E-state index in [1.165, 1.54) is 17.8 Å². The first-order chi connectivity index (χ1) is 16.3. The van der Waals surface area contributed by atoms with Gasteiger partial charge in [0.1, 0.15) is 0 Å². The Morgan fingerprint density at radius 3 is 2.59 bits per heavy atom. The number of pyridine rings is 1. The molecule has 2 N–H and O–H groups in total. The van der Waals surface area contributed by atoms with Crippen LogP contribution in [0.15, 0.2) is 89.5 Å². The molecule has 0 aliphatic rings. The second kappa shape index (κ2) is 9.38. The summed E-state index contributed by atoms with van der Waals surface area (Å²) in [4.78, 5) is 33.6. The summed E-state index contributed by atoms with van der Waals surface area (Å²) in [5.74, 6) is -0.406. The van der Waals surface area contributed by atoms with Gasteiger partial charge in [0.25, 0.3) is 20.7 Å². The standard InChI is InChI=1S/C24H21N5O4S/c1-3-21(30)27-19-10-7-11-20(14-19)29-22-18(15-26-24(28-22)34(32,33)25-2)13-17(23(29)31)12-16-8-5-4-6-9-16/h3-11,13-15,25H,1,12H2,2H3,(H,27,30). The minimum atomic E-state index is -3.94. The maximum atomic E-state index is 13.6. The number of aromatic nitrogens is 3. The first-order valence-electron chi connectivity index (χ1n) is 10.3. The van der Waals surface area contributed by atoms with E-state index in [0.717, 1.165) is 11.6 Å². The van der Waals surface area contributed by atoms with Crippen LogP contribution in [0.4, 0.5) is 5.69 Å². The summed E-state index contributed by atoms with van der Waals surface area (Å²) in [6.45, 7) is 3.44. The molecule has 1 amide bonds. The molecule has 2 aromatic carbocycles. The van der Waals surface area contributed by atoms with Crippen LogP contribution in [-0.4, -0.2) is 35.9 Å². The Morgan fingerprint density at radius 1 is 1.12 bits per heavy atom. The van der Waals surface area contributed by atoms with Crippen LogP contribution in [0, 0.1) is 0 Å². The third kappa shape index (κ3) is 4.63. The molecule has 10 heteroatoms. The summed E-state index contributed by atoms with van der Waals surface area (Å²) in [5.41, 5.74) is 2.01. The van der Waals surface area contributed by atoms with Crippen molar-refractivity contribution in [3.63, 3.8) is 0 Å². The molecule has 2 aromatic heterocycles. The highest BCUT2D eigenvalue weighted by Gasteiger charge is 2.19. The summed E-state index contributed by atoms with van der Waals surface area (Å²) < 4.78 is 28.1. The lowest BCUT2D eigenvalue weighted by atomic mass is 10.1. The zero-order valence-corrected chi connectivity index (χ0v) is 19.0. The fourth-order valence-electron chi connectivity index (χ4n) is 3.46. The second-order valence-electron chi connectivity index (χ2n) is 7.36. The number of benzene rings is 2. The SMILES string of the molecule is C=CC(=O)Nc1cccc(-n2c(=O)c(Cc3ccccc3)cc3cnc(S(=O)(=O)NC)nc32)c1. The van der Waals surface area contributed by atoms with Gasteiger partial charge in [-0.05, 0) is 43.0 Å². The number of anilines is 1. The number of nitrogens with one attached hydrogen (secondary N) is 2. The van der Waals surface area contributed by atoms with Crippen molar-refractivity contribution in [1.29, 1.82) is 0 Å². The maximum Gasteiger partial charge on any atom is 0.276 e. The molecule has 0 saturated heterocycles. The minimum absolute atomic E-state index is 0.123. The first kappa shape index (κ1) is 23.0. The average Bonchev–Trinajstić information content (AvgIpc) is 2.85. The predicted octanol–water partition coefficient (Wildman–Crippen LogP) is 2.40. The second-order valence-corrected chi connectivity index (χ2v) is 9.14. The van der Waals surface area contributed by atoms with Crippen molar-refractivity contribution in [1.82, 2.24) is 19.3 Å². The number of rotatable bonds is 7. The zero-order valence-electron chi connectivity index (χ0n) is 18.2. The summed E-state index contributed by atoms with van der Waals surface area (Å²) in [6.07, 6.45) is 2.87. The monoisotopic (exact) mass is 475 g/mol. The molecule has 0 bridgehead atoms. The van der Waals surface area contributed by atoms with Crippen molar-refractivity contribution in [2.45, 2.75) is 11.6 Å². The Balaban J connectivity index is 1.98. The number of amides is 1. The number of hydrogen-bond acceptors (Lipinski definition) is 6. The molecule has 0 saturated carbocycles. The van der Waals surface area contributed by atoms with Crippen LogP contribution in [0.3, 0.4) is 0 Å². The Bertz CT molecular complexity index is 1560. The highest BCUT2D eigenvalue weighted by Crippen LogP contribution is 2.21. The van der Waals surface area contributed by atoms with Gasteiger partial charge in [0.05, 0.1) is 5.69 Å². The van der Waals surface area contributed by atoms with Gasteiger partial charge in [-0.1, -0.05) is 43.0 Å². The molecule has 0 aliphatic carbocycles. The van der Waals surface area contributed by atoms with Crippen molar-refractivity contribution in [2.24, 2.45) is 0 Å². The highest BCUT2D eigenvalue weighted by atomic mass is 32.2. The number of carbonyl (C=O) groups is 1. The van der Waals surface area contributed by atoms with E-state index in [2.05, 4.69) is 26.6 Å². The van der Waals surface area contributed by atoms with Crippen LogP contribution in [0.2, 0.25) is 0 Å². The Kier molecular flexibility index (Phi) is 6.35. The third-order valence-electron chi connectivity index (χ3n) is 5.10. The van der Waals surface area contributed by atoms with Gasteiger partial charge in [-0.3, -0.25) is 14.2 Å². The maximum absolute atomic E-state index is 13.6. The van der Waals surface area contributed by atoms with Gasteiger partial charge in [0.15, 0.2) is 5.65 Å². The van der Waals surface area contributed by atoms with Gasteiger partial charge >= 0.3 is 0 Å². The molecule has 0 aliphatic heterocycles. The molecule has 0 unspecified atom stereocenters. The normalized spacial score (nSPS) is 11.3. The van der Waals surface area contributed by atoms with Crippen molar-refractivity contribution in [2.75, 3.05) is 12.4 Å². The number of carbonyl (C=O) groups excluding carboxylic acids is 1. The van der Waals surface area contributed by atoms with E-state index in [1.807, 2.05) is 30.3 Å². The van der Waals surface area contributed by atoms with E-state index in [-0.39, 0.29) is 11.2 Å². The van der Waals surface area contributed by atoms with Crippen LogP contribution in [0.1, 0.15) is 11.1 Å². The summed E-state index contributed by atoms with van der Waals surface area (Å²) in [7, 11) is -2.69. The van der Waals surface area contributed by atoms with E-state index >= 15 is 0 Å². The molecule has 34 heavy (non-hydrogen) atoms. The predicted molar refractivity (Wildman–Crippen MR) is 129 cm³/mol. The van der Waals surface area contributed by atoms with Crippen molar-refractivity contribution in [3.05, 3.63) is 101 Å². The van der Waals surface area contributed by atoms with E-state index in [0.29, 0.717) is 28.7 Å². The number of sulfonamides is 1. The molecule has 2 heterocycles.